The number of fused-ring (bicyclic) bond motifs is 4. The smallest absolute Gasteiger partial charge is 0.227 e. The van der Waals surface area contributed by atoms with Crippen LogP contribution in [0.5, 0.6) is 0 Å². The van der Waals surface area contributed by atoms with Crippen molar-refractivity contribution in [2.45, 2.75) is 12.6 Å². The average Bonchev–Trinajstić information content (AvgIpc) is 2.84. The van der Waals surface area contributed by atoms with Gasteiger partial charge in [0.15, 0.2) is 5.65 Å². The van der Waals surface area contributed by atoms with E-state index in [1.165, 1.54) is 0 Å². The molecule has 2 bridgehead atoms. The van der Waals surface area contributed by atoms with Crippen molar-refractivity contribution in [3.05, 3.63) is 42.5 Å². The molecule has 3 aromatic rings. The normalized spacial score (nSPS) is 23.5. The minimum atomic E-state index is 0.189. The van der Waals surface area contributed by atoms with Crippen molar-refractivity contribution < 1.29 is 4.74 Å². The van der Waals surface area contributed by atoms with Crippen LogP contribution in [0.15, 0.2) is 36.9 Å². The second-order valence-corrected chi connectivity index (χ2v) is 7.24. The first-order valence-electron chi connectivity index (χ1n) is 9.19. The summed E-state index contributed by atoms with van der Waals surface area (Å²) in [4.78, 5) is 18.1. The van der Waals surface area contributed by atoms with E-state index in [0.717, 1.165) is 44.0 Å². The van der Waals surface area contributed by atoms with Crippen LogP contribution in [-0.2, 0) is 11.3 Å². The number of aromatic nitrogens is 5. The highest BCUT2D eigenvalue weighted by atomic mass is 16.5. The molecule has 3 aromatic heterocycles. The fraction of sp³-hybridized carbons (Fsp3) is 0.444. The van der Waals surface area contributed by atoms with E-state index in [9.17, 15) is 0 Å². The van der Waals surface area contributed by atoms with Crippen molar-refractivity contribution in [2.24, 2.45) is 5.92 Å². The molecule has 0 saturated carbocycles. The van der Waals surface area contributed by atoms with E-state index in [-0.39, 0.29) is 6.04 Å². The summed E-state index contributed by atoms with van der Waals surface area (Å²) in [6, 6.07) is 3.80. The SMILES string of the molecule is Nc1ccnc(N2C[C@H]3COC[C@@H]2CN(Cc2cnn4cccnc24)C3)n1. The molecule has 9 heteroatoms. The van der Waals surface area contributed by atoms with E-state index in [2.05, 4.69) is 29.9 Å². The first kappa shape index (κ1) is 16.4. The van der Waals surface area contributed by atoms with Gasteiger partial charge in [-0.3, -0.25) is 4.90 Å². The van der Waals surface area contributed by atoms with Crippen LogP contribution in [0, 0.1) is 5.92 Å². The van der Waals surface area contributed by atoms with Gasteiger partial charge >= 0.3 is 0 Å². The van der Waals surface area contributed by atoms with Gasteiger partial charge in [-0.1, -0.05) is 0 Å². The third-order valence-electron chi connectivity index (χ3n) is 5.21. The van der Waals surface area contributed by atoms with Crippen molar-refractivity contribution in [3.63, 3.8) is 0 Å². The molecule has 2 atom stereocenters. The highest BCUT2D eigenvalue weighted by Crippen LogP contribution is 2.25. The summed E-state index contributed by atoms with van der Waals surface area (Å²) in [6.07, 6.45) is 7.37. The molecular weight excluding hydrogens is 344 g/mol. The van der Waals surface area contributed by atoms with E-state index in [0.29, 0.717) is 24.3 Å². The monoisotopic (exact) mass is 366 g/mol. The second kappa shape index (κ2) is 6.75. The van der Waals surface area contributed by atoms with Crippen LogP contribution in [-0.4, -0.2) is 68.4 Å². The van der Waals surface area contributed by atoms with Crippen LogP contribution in [0.1, 0.15) is 5.56 Å². The van der Waals surface area contributed by atoms with Crippen LogP contribution in [0.2, 0.25) is 0 Å². The molecule has 9 nitrogen and oxygen atoms in total. The Hall–Kier alpha value is -2.78. The number of nitrogens with zero attached hydrogens (tertiary/aromatic N) is 7. The number of nitrogen functional groups attached to an aromatic ring is 1. The Bertz CT molecular complexity index is 944. The van der Waals surface area contributed by atoms with Gasteiger partial charge in [0.1, 0.15) is 5.82 Å². The Morgan fingerprint density at radius 2 is 2.11 bits per heavy atom. The summed E-state index contributed by atoms with van der Waals surface area (Å²) in [5.74, 6) is 1.57. The van der Waals surface area contributed by atoms with Gasteiger partial charge in [-0.2, -0.15) is 10.1 Å². The zero-order chi connectivity index (χ0) is 18.2. The van der Waals surface area contributed by atoms with Crippen LogP contribution in [0.25, 0.3) is 5.65 Å². The second-order valence-electron chi connectivity index (χ2n) is 7.24. The van der Waals surface area contributed by atoms with Crippen molar-refractivity contribution in [1.82, 2.24) is 29.5 Å². The molecule has 2 saturated heterocycles. The Kier molecular flexibility index (Phi) is 4.10. The van der Waals surface area contributed by atoms with E-state index in [4.69, 9.17) is 10.5 Å². The van der Waals surface area contributed by atoms with Crippen LogP contribution < -0.4 is 10.6 Å². The first-order valence-corrected chi connectivity index (χ1v) is 9.19. The first-order chi connectivity index (χ1) is 13.3. The molecule has 0 spiro atoms. The minimum Gasteiger partial charge on any atom is -0.384 e. The van der Waals surface area contributed by atoms with Crippen LogP contribution >= 0.6 is 0 Å². The van der Waals surface area contributed by atoms with Crippen LogP contribution in [0.4, 0.5) is 11.8 Å². The van der Waals surface area contributed by atoms with Crippen molar-refractivity contribution >= 4 is 17.4 Å². The largest absolute Gasteiger partial charge is 0.384 e. The molecule has 0 radical (unpaired) electrons. The zero-order valence-electron chi connectivity index (χ0n) is 15.0. The molecule has 2 N–H and O–H groups in total. The van der Waals surface area contributed by atoms with Gasteiger partial charge in [0.25, 0.3) is 0 Å². The summed E-state index contributed by atoms with van der Waals surface area (Å²) in [7, 11) is 0. The van der Waals surface area contributed by atoms with Crippen molar-refractivity contribution in [1.29, 1.82) is 0 Å². The van der Waals surface area contributed by atoms with Crippen molar-refractivity contribution in [3.8, 4) is 0 Å². The number of ether oxygens (including phenoxy) is 1. The minimum absolute atomic E-state index is 0.189. The summed E-state index contributed by atoms with van der Waals surface area (Å²) < 4.78 is 7.74. The number of nitrogens with two attached hydrogens (primary N) is 1. The maximum Gasteiger partial charge on any atom is 0.227 e. The molecule has 0 amide bonds. The Labute approximate surface area is 156 Å². The quantitative estimate of drug-likeness (QED) is 0.713. The predicted octanol–water partition coefficient (Wildman–Crippen LogP) is 0.439. The van der Waals surface area contributed by atoms with Gasteiger partial charge < -0.3 is 15.4 Å². The lowest BCUT2D eigenvalue weighted by Crippen LogP contribution is -2.44. The third-order valence-corrected chi connectivity index (χ3v) is 5.21. The molecule has 2 aliphatic rings. The fourth-order valence-electron chi connectivity index (χ4n) is 4.04. The van der Waals surface area contributed by atoms with E-state index in [1.54, 1.807) is 12.3 Å². The van der Waals surface area contributed by atoms with Gasteiger partial charge in [0.05, 0.1) is 25.5 Å². The van der Waals surface area contributed by atoms with Gasteiger partial charge in [-0.15, -0.1) is 0 Å². The lowest BCUT2D eigenvalue weighted by molar-refractivity contribution is 0.0628. The molecule has 27 heavy (non-hydrogen) atoms. The molecule has 0 aromatic carbocycles. The maximum absolute atomic E-state index is 5.91. The average molecular weight is 366 g/mol. The highest BCUT2D eigenvalue weighted by molar-refractivity contribution is 5.45. The topological polar surface area (TPSA) is 97.7 Å². The number of hydrogen-bond donors (Lipinski definition) is 1. The Morgan fingerprint density at radius 1 is 1.15 bits per heavy atom. The predicted molar refractivity (Wildman–Crippen MR) is 100 cm³/mol. The molecule has 2 fully saturated rings. The Morgan fingerprint density at radius 3 is 3.04 bits per heavy atom. The van der Waals surface area contributed by atoms with E-state index >= 15 is 0 Å². The van der Waals surface area contributed by atoms with Gasteiger partial charge in [0.2, 0.25) is 5.95 Å². The Balaban J connectivity index is 1.41. The third kappa shape index (κ3) is 3.19. The van der Waals surface area contributed by atoms with Gasteiger partial charge in [-0.05, 0) is 12.1 Å². The maximum atomic E-state index is 5.91. The lowest BCUT2D eigenvalue weighted by atomic mass is 10.1. The summed E-state index contributed by atoms with van der Waals surface area (Å²) in [5.41, 5.74) is 7.93. The van der Waals surface area contributed by atoms with Gasteiger partial charge in [0, 0.05) is 56.3 Å². The molecule has 140 valence electrons. The molecule has 5 rings (SSSR count). The van der Waals surface area contributed by atoms with Gasteiger partial charge in [-0.25, -0.2) is 14.5 Å². The van der Waals surface area contributed by atoms with Crippen LogP contribution in [0.3, 0.4) is 0 Å². The highest BCUT2D eigenvalue weighted by Gasteiger charge is 2.35. The molecular formula is C18H22N8O. The zero-order valence-corrected chi connectivity index (χ0v) is 15.0. The summed E-state index contributed by atoms with van der Waals surface area (Å²) >= 11 is 0. The summed E-state index contributed by atoms with van der Waals surface area (Å²) in [5, 5.41) is 4.41. The molecule has 5 heterocycles. The molecule has 2 aliphatic heterocycles. The standard InChI is InChI=1S/C18H22N8O/c19-16-2-4-21-18(23-16)25-8-13-7-24(10-15(25)12-27-11-13)9-14-6-22-26-5-1-3-20-17(14)26/h1-6,13,15H,7-12H2,(H2,19,21,23)/t13-,15-/m0/s1. The summed E-state index contributed by atoms with van der Waals surface area (Å²) in [6.45, 7) is 4.94. The van der Waals surface area contributed by atoms with E-state index < -0.39 is 0 Å². The lowest BCUT2D eigenvalue weighted by Gasteiger charge is -2.31. The fourth-order valence-corrected chi connectivity index (χ4v) is 4.04. The molecule has 0 aliphatic carbocycles. The molecule has 0 unspecified atom stereocenters. The number of anilines is 2. The number of rotatable bonds is 3. The van der Waals surface area contributed by atoms with E-state index in [1.807, 2.05) is 29.2 Å². The number of hydrogen-bond acceptors (Lipinski definition) is 8. The van der Waals surface area contributed by atoms with Crippen molar-refractivity contribution in [2.75, 3.05) is 43.5 Å².